The van der Waals surface area contributed by atoms with E-state index in [9.17, 15) is 8.78 Å². The van der Waals surface area contributed by atoms with Crippen LogP contribution in [0, 0.1) is 12.8 Å². The highest BCUT2D eigenvalue weighted by atomic mass is 32.1. The number of hydrogen-bond acceptors (Lipinski definition) is 5. The van der Waals surface area contributed by atoms with Gasteiger partial charge in [-0.3, -0.25) is 4.90 Å². The largest absolute Gasteiger partial charge is 0.360 e. The van der Waals surface area contributed by atoms with Gasteiger partial charge in [0.05, 0.1) is 6.54 Å². The van der Waals surface area contributed by atoms with Gasteiger partial charge in [-0.2, -0.15) is 4.37 Å². The van der Waals surface area contributed by atoms with Crippen molar-refractivity contribution in [3.8, 4) is 0 Å². The van der Waals surface area contributed by atoms with Gasteiger partial charge in [0.25, 0.3) is 6.43 Å². The van der Waals surface area contributed by atoms with Crippen LogP contribution in [-0.4, -0.2) is 46.9 Å². The van der Waals surface area contributed by atoms with Gasteiger partial charge in [-0.25, -0.2) is 13.8 Å². The van der Waals surface area contributed by atoms with Crippen LogP contribution in [0.3, 0.4) is 0 Å². The summed E-state index contributed by atoms with van der Waals surface area (Å²) in [6, 6.07) is 0. The normalized spacial score (nSPS) is 18.4. The van der Waals surface area contributed by atoms with E-state index in [1.165, 1.54) is 11.5 Å². The zero-order chi connectivity index (χ0) is 13.0. The lowest BCUT2D eigenvalue weighted by atomic mass is 9.97. The number of alkyl halides is 2. The molecule has 4 nitrogen and oxygen atoms in total. The Balaban J connectivity index is 1.67. The zero-order valence-corrected chi connectivity index (χ0v) is 11.2. The topological polar surface area (TPSA) is 41.1 Å². The van der Waals surface area contributed by atoms with Crippen LogP contribution in [0.5, 0.6) is 0 Å². The number of aryl methyl sites for hydroxylation is 1. The van der Waals surface area contributed by atoms with E-state index >= 15 is 0 Å². The van der Waals surface area contributed by atoms with E-state index in [1.54, 1.807) is 0 Å². The van der Waals surface area contributed by atoms with E-state index in [2.05, 4.69) is 14.7 Å². The Labute approximate surface area is 110 Å². The van der Waals surface area contributed by atoms with Crippen molar-refractivity contribution in [2.45, 2.75) is 26.2 Å². The second-order valence-electron chi connectivity index (χ2n) is 4.66. The lowest BCUT2D eigenvalue weighted by Crippen LogP contribution is -2.38. The number of aromatic nitrogens is 2. The Hall–Kier alpha value is -0.820. The fraction of sp³-hybridized carbons (Fsp3) is 0.818. The summed E-state index contributed by atoms with van der Waals surface area (Å²) in [5, 5.41) is 4.12. The Bertz CT molecular complexity index is 364. The molecule has 1 aliphatic rings. The fourth-order valence-corrected chi connectivity index (χ4v) is 2.75. The molecular formula is C11H18F2N4S. The Morgan fingerprint density at radius 1 is 1.44 bits per heavy atom. The van der Waals surface area contributed by atoms with Crippen molar-refractivity contribution in [3.63, 3.8) is 0 Å². The summed E-state index contributed by atoms with van der Waals surface area (Å²) in [4.78, 5) is 6.08. The molecule has 1 saturated heterocycles. The summed E-state index contributed by atoms with van der Waals surface area (Å²) in [5.74, 6) is 1.33. The van der Waals surface area contributed by atoms with Crippen LogP contribution >= 0.6 is 11.5 Å². The molecule has 0 aliphatic carbocycles. The Morgan fingerprint density at radius 3 is 2.72 bits per heavy atom. The molecule has 1 aromatic rings. The second kappa shape index (κ2) is 6.38. The number of hydrogen-bond donors (Lipinski definition) is 1. The van der Waals surface area contributed by atoms with Gasteiger partial charge < -0.3 is 5.32 Å². The van der Waals surface area contributed by atoms with Crippen LogP contribution < -0.4 is 5.32 Å². The molecule has 1 aromatic heterocycles. The number of piperidine rings is 1. The number of likely N-dealkylation sites (tertiary alicyclic amines) is 1. The first kappa shape index (κ1) is 13.6. The fourth-order valence-electron chi connectivity index (χ4n) is 2.17. The molecule has 7 heteroatoms. The molecule has 0 atom stereocenters. The molecule has 0 bridgehead atoms. The SMILES string of the molecule is Cc1nsc(NCC2CCN(CC(F)F)CC2)n1. The minimum atomic E-state index is -2.22. The number of rotatable bonds is 5. The van der Waals surface area contributed by atoms with Crippen molar-refractivity contribution in [2.75, 3.05) is 31.5 Å². The minimum absolute atomic E-state index is 0.0876. The van der Waals surface area contributed by atoms with Gasteiger partial charge in [0.1, 0.15) is 5.82 Å². The number of halogens is 2. The highest BCUT2D eigenvalue weighted by molar-refractivity contribution is 7.09. The van der Waals surface area contributed by atoms with Crippen LogP contribution in [0.15, 0.2) is 0 Å². The number of nitrogens with one attached hydrogen (secondary N) is 1. The maximum Gasteiger partial charge on any atom is 0.251 e. The molecule has 0 radical (unpaired) electrons. The van der Waals surface area contributed by atoms with Gasteiger partial charge in [-0.1, -0.05) is 0 Å². The van der Waals surface area contributed by atoms with Gasteiger partial charge in [0.2, 0.25) is 5.13 Å². The molecule has 1 N–H and O–H groups in total. The molecule has 1 fully saturated rings. The Morgan fingerprint density at radius 2 is 2.17 bits per heavy atom. The number of anilines is 1. The third-order valence-electron chi connectivity index (χ3n) is 3.17. The molecule has 2 rings (SSSR count). The first-order valence-corrected chi connectivity index (χ1v) is 6.95. The van der Waals surface area contributed by atoms with E-state index < -0.39 is 6.43 Å². The standard InChI is InChI=1S/C11H18F2N4S/c1-8-15-11(18-16-8)14-6-9-2-4-17(5-3-9)7-10(12)13/h9-10H,2-7H2,1H3,(H,14,15,16). The molecular weight excluding hydrogens is 258 g/mol. The van der Waals surface area contributed by atoms with Crippen LogP contribution in [-0.2, 0) is 0 Å². The average Bonchev–Trinajstić information content (AvgIpc) is 2.74. The molecule has 102 valence electrons. The lowest BCUT2D eigenvalue weighted by Gasteiger charge is -2.31. The second-order valence-corrected chi connectivity index (χ2v) is 5.41. The summed E-state index contributed by atoms with van der Waals surface area (Å²) >= 11 is 1.37. The first-order chi connectivity index (χ1) is 8.63. The van der Waals surface area contributed by atoms with Crippen LogP contribution in [0.1, 0.15) is 18.7 Å². The monoisotopic (exact) mass is 276 g/mol. The smallest absolute Gasteiger partial charge is 0.251 e. The lowest BCUT2D eigenvalue weighted by molar-refractivity contribution is 0.0703. The van der Waals surface area contributed by atoms with E-state index in [1.807, 2.05) is 11.8 Å². The molecule has 0 aromatic carbocycles. The quantitative estimate of drug-likeness (QED) is 0.895. The maximum atomic E-state index is 12.2. The molecule has 0 saturated carbocycles. The van der Waals surface area contributed by atoms with Crippen molar-refractivity contribution in [1.29, 1.82) is 0 Å². The van der Waals surface area contributed by atoms with Gasteiger partial charge in [-0.05, 0) is 38.8 Å². The third kappa shape index (κ3) is 4.13. The summed E-state index contributed by atoms with van der Waals surface area (Å²) in [6.07, 6.45) is -0.279. The van der Waals surface area contributed by atoms with Gasteiger partial charge in [0.15, 0.2) is 0 Å². The van der Waals surface area contributed by atoms with Crippen LogP contribution in [0.25, 0.3) is 0 Å². The first-order valence-electron chi connectivity index (χ1n) is 6.18. The van der Waals surface area contributed by atoms with Crippen molar-refractivity contribution >= 4 is 16.7 Å². The molecule has 1 aliphatic heterocycles. The summed E-state index contributed by atoms with van der Waals surface area (Å²) in [7, 11) is 0. The van der Waals surface area contributed by atoms with Crippen molar-refractivity contribution in [1.82, 2.24) is 14.3 Å². The van der Waals surface area contributed by atoms with Crippen LogP contribution in [0.4, 0.5) is 13.9 Å². The van der Waals surface area contributed by atoms with E-state index in [0.717, 1.165) is 43.4 Å². The third-order valence-corrected chi connectivity index (χ3v) is 3.94. The van der Waals surface area contributed by atoms with Gasteiger partial charge >= 0.3 is 0 Å². The number of nitrogens with zero attached hydrogens (tertiary/aromatic N) is 3. The maximum absolute atomic E-state index is 12.2. The summed E-state index contributed by atoms with van der Waals surface area (Å²) in [5.41, 5.74) is 0. The van der Waals surface area contributed by atoms with Crippen molar-refractivity contribution in [2.24, 2.45) is 5.92 Å². The summed E-state index contributed by atoms with van der Waals surface area (Å²) < 4.78 is 28.5. The molecule has 0 unspecified atom stereocenters. The predicted octanol–water partition coefficient (Wildman–Crippen LogP) is 2.24. The van der Waals surface area contributed by atoms with E-state index in [-0.39, 0.29) is 6.54 Å². The van der Waals surface area contributed by atoms with E-state index in [4.69, 9.17) is 0 Å². The van der Waals surface area contributed by atoms with Crippen molar-refractivity contribution < 1.29 is 8.78 Å². The highest BCUT2D eigenvalue weighted by Crippen LogP contribution is 2.19. The van der Waals surface area contributed by atoms with Crippen molar-refractivity contribution in [3.05, 3.63) is 5.82 Å². The van der Waals surface area contributed by atoms with Gasteiger partial charge in [-0.15, -0.1) is 0 Å². The van der Waals surface area contributed by atoms with Crippen LogP contribution in [0.2, 0.25) is 0 Å². The molecule has 18 heavy (non-hydrogen) atoms. The Kier molecular flexibility index (Phi) is 4.82. The zero-order valence-electron chi connectivity index (χ0n) is 10.4. The average molecular weight is 276 g/mol. The highest BCUT2D eigenvalue weighted by Gasteiger charge is 2.21. The minimum Gasteiger partial charge on any atom is -0.360 e. The van der Waals surface area contributed by atoms with E-state index in [0.29, 0.717) is 5.92 Å². The predicted molar refractivity (Wildman–Crippen MR) is 68.3 cm³/mol. The molecule has 2 heterocycles. The molecule has 0 spiro atoms. The molecule has 0 amide bonds. The summed E-state index contributed by atoms with van der Waals surface area (Å²) in [6.45, 7) is 4.18. The van der Waals surface area contributed by atoms with Gasteiger partial charge in [0, 0.05) is 18.1 Å².